The molecule has 4 nitrogen and oxygen atoms in total. The lowest BCUT2D eigenvalue weighted by Gasteiger charge is -2.50. The normalized spacial score (nSPS) is 27.1. The zero-order valence-corrected chi connectivity index (χ0v) is 15.4. The molecule has 2 aliphatic rings. The van der Waals surface area contributed by atoms with E-state index in [1.165, 1.54) is 11.3 Å². The zero-order valence-electron chi connectivity index (χ0n) is 14.6. The summed E-state index contributed by atoms with van der Waals surface area (Å²) in [7, 11) is 0. The number of ether oxygens (including phenoxy) is 2. The van der Waals surface area contributed by atoms with Crippen LogP contribution >= 0.6 is 11.3 Å². The van der Waals surface area contributed by atoms with Gasteiger partial charge < -0.3 is 9.47 Å². The van der Waals surface area contributed by atoms with Gasteiger partial charge in [-0.3, -0.25) is 9.88 Å². The monoisotopic (exact) mass is 358 g/mol. The Morgan fingerprint density at radius 1 is 1.36 bits per heavy atom. The summed E-state index contributed by atoms with van der Waals surface area (Å²) in [5.41, 5.74) is 1.27. The number of hydrogen-bond donors (Lipinski definition) is 0. The summed E-state index contributed by atoms with van der Waals surface area (Å²) >= 11 is 1.85. The van der Waals surface area contributed by atoms with Crippen molar-refractivity contribution in [3.63, 3.8) is 0 Å². The number of fused-ring (bicyclic) bond motifs is 1. The van der Waals surface area contributed by atoms with Crippen LogP contribution in [-0.4, -0.2) is 42.3 Å². The average Bonchev–Trinajstić information content (AvgIpc) is 3.15. The molecule has 0 N–H and O–H groups in total. The largest absolute Gasteiger partial charge is 0.377 e. The van der Waals surface area contributed by atoms with Gasteiger partial charge in [0.2, 0.25) is 0 Å². The minimum Gasteiger partial charge on any atom is -0.377 e. The van der Waals surface area contributed by atoms with E-state index < -0.39 is 0 Å². The van der Waals surface area contributed by atoms with E-state index in [2.05, 4.69) is 33.5 Å². The minimum absolute atomic E-state index is 0.135. The van der Waals surface area contributed by atoms with Gasteiger partial charge in [0.15, 0.2) is 0 Å². The number of piperidine rings is 1. The molecule has 4 heterocycles. The van der Waals surface area contributed by atoms with Crippen LogP contribution in [0.2, 0.25) is 0 Å². The first-order chi connectivity index (χ1) is 12.3. The molecule has 0 aromatic carbocycles. The number of aromatic nitrogens is 1. The molecule has 2 aliphatic heterocycles. The molecule has 2 aromatic rings. The molecule has 0 radical (unpaired) electrons. The molecule has 0 unspecified atom stereocenters. The van der Waals surface area contributed by atoms with Crippen molar-refractivity contribution in [2.24, 2.45) is 5.41 Å². The molecule has 134 valence electrons. The quantitative estimate of drug-likeness (QED) is 0.788. The van der Waals surface area contributed by atoms with Crippen LogP contribution in [0.5, 0.6) is 0 Å². The summed E-state index contributed by atoms with van der Waals surface area (Å²) in [5, 5.41) is 2.17. The van der Waals surface area contributed by atoms with Crippen LogP contribution < -0.4 is 0 Å². The second kappa shape index (κ2) is 7.96. The van der Waals surface area contributed by atoms with Gasteiger partial charge in [0.05, 0.1) is 19.3 Å². The molecule has 2 aromatic heterocycles. The Hall–Kier alpha value is -1.27. The van der Waals surface area contributed by atoms with Crippen LogP contribution in [0.4, 0.5) is 0 Å². The number of thiophene rings is 1. The number of rotatable bonds is 6. The van der Waals surface area contributed by atoms with Gasteiger partial charge >= 0.3 is 0 Å². The Balaban J connectivity index is 1.40. The summed E-state index contributed by atoms with van der Waals surface area (Å²) in [6.45, 7) is 5.55. The van der Waals surface area contributed by atoms with E-state index in [4.69, 9.17) is 9.47 Å². The third kappa shape index (κ3) is 4.11. The number of hydrogen-bond acceptors (Lipinski definition) is 5. The predicted molar refractivity (Wildman–Crippen MR) is 99.5 cm³/mol. The Labute approximate surface area is 153 Å². The van der Waals surface area contributed by atoms with Crippen molar-refractivity contribution in [1.29, 1.82) is 0 Å². The molecule has 2 atom stereocenters. The summed E-state index contributed by atoms with van der Waals surface area (Å²) in [6.07, 6.45) is 7.48. The van der Waals surface area contributed by atoms with Crippen LogP contribution in [-0.2, 0) is 22.6 Å². The molecule has 0 saturated carbocycles. The molecule has 25 heavy (non-hydrogen) atoms. The molecular weight excluding hydrogens is 332 g/mol. The van der Waals surface area contributed by atoms with Crippen LogP contribution in [0.15, 0.2) is 42.0 Å². The highest BCUT2D eigenvalue weighted by Gasteiger charge is 2.46. The number of nitrogens with zero attached hydrogens (tertiary/aromatic N) is 2. The van der Waals surface area contributed by atoms with Crippen LogP contribution in [0.25, 0.3) is 0 Å². The summed E-state index contributed by atoms with van der Waals surface area (Å²) < 4.78 is 12.3. The first-order valence-electron chi connectivity index (χ1n) is 9.17. The standard InChI is InChI=1S/C20H26N2O2S/c1-4-17(12-21-8-1)14-23-16-20-7-3-10-24-19(20)6-9-22(15-20)13-18-5-2-11-25-18/h1-2,4-5,8,11-12,19H,3,6-7,9-10,13-16H2/t19-,20+/m0/s1. The lowest BCUT2D eigenvalue weighted by Crippen LogP contribution is -2.56. The van der Waals surface area contributed by atoms with Crippen LogP contribution in [0.3, 0.4) is 0 Å². The van der Waals surface area contributed by atoms with Gasteiger partial charge in [0, 0.05) is 48.9 Å². The molecule has 5 heteroatoms. The van der Waals surface area contributed by atoms with Crippen molar-refractivity contribution >= 4 is 11.3 Å². The van der Waals surface area contributed by atoms with Crippen molar-refractivity contribution in [3.05, 3.63) is 52.5 Å². The maximum absolute atomic E-state index is 6.16. The van der Waals surface area contributed by atoms with Gasteiger partial charge in [-0.2, -0.15) is 0 Å². The van der Waals surface area contributed by atoms with E-state index in [1.807, 2.05) is 23.6 Å². The molecule has 4 rings (SSSR count). The van der Waals surface area contributed by atoms with E-state index in [1.54, 1.807) is 6.20 Å². The van der Waals surface area contributed by atoms with Crippen molar-refractivity contribution in [3.8, 4) is 0 Å². The maximum atomic E-state index is 6.16. The summed E-state index contributed by atoms with van der Waals surface area (Å²) in [6, 6.07) is 8.42. The Morgan fingerprint density at radius 2 is 2.36 bits per heavy atom. The molecule has 0 aliphatic carbocycles. The second-order valence-corrected chi connectivity index (χ2v) is 8.29. The average molecular weight is 359 g/mol. The van der Waals surface area contributed by atoms with E-state index in [-0.39, 0.29) is 5.41 Å². The molecule has 2 fully saturated rings. The third-order valence-electron chi connectivity index (χ3n) is 5.41. The fourth-order valence-electron chi connectivity index (χ4n) is 4.21. The SMILES string of the molecule is c1cncc(COC[C@]23CCCO[C@H]2CCN(Cc2cccs2)C3)c1. The van der Waals surface area contributed by atoms with Crippen molar-refractivity contribution in [1.82, 2.24) is 9.88 Å². The van der Waals surface area contributed by atoms with Gasteiger partial charge in [0.1, 0.15) is 0 Å². The van der Waals surface area contributed by atoms with Gasteiger partial charge in [-0.1, -0.05) is 12.1 Å². The summed E-state index contributed by atoms with van der Waals surface area (Å²) in [4.78, 5) is 8.21. The first kappa shape index (κ1) is 17.2. The fourth-order valence-corrected chi connectivity index (χ4v) is 4.95. The van der Waals surface area contributed by atoms with E-state index in [0.29, 0.717) is 12.7 Å². The van der Waals surface area contributed by atoms with Gasteiger partial charge in [-0.15, -0.1) is 11.3 Å². The summed E-state index contributed by atoms with van der Waals surface area (Å²) in [5.74, 6) is 0. The Bertz CT molecular complexity index is 649. The van der Waals surface area contributed by atoms with Crippen molar-refractivity contribution in [2.45, 2.75) is 38.5 Å². The number of pyridine rings is 1. The van der Waals surface area contributed by atoms with Gasteiger partial charge in [-0.25, -0.2) is 0 Å². The van der Waals surface area contributed by atoms with E-state index >= 15 is 0 Å². The molecule has 2 saturated heterocycles. The lowest BCUT2D eigenvalue weighted by molar-refractivity contribution is -0.155. The molecular formula is C20H26N2O2S. The van der Waals surface area contributed by atoms with E-state index in [9.17, 15) is 0 Å². The lowest BCUT2D eigenvalue weighted by atomic mass is 9.73. The fraction of sp³-hybridized carbons (Fsp3) is 0.550. The molecule has 0 bridgehead atoms. The van der Waals surface area contributed by atoms with Crippen molar-refractivity contribution < 1.29 is 9.47 Å². The third-order valence-corrected chi connectivity index (χ3v) is 6.27. The Kier molecular flexibility index (Phi) is 5.46. The smallest absolute Gasteiger partial charge is 0.0732 e. The maximum Gasteiger partial charge on any atom is 0.0732 e. The number of likely N-dealkylation sites (tertiary alicyclic amines) is 1. The minimum atomic E-state index is 0.135. The second-order valence-electron chi connectivity index (χ2n) is 7.26. The Morgan fingerprint density at radius 3 is 3.20 bits per heavy atom. The van der Waals surface area contributed by atoms with Gasteiger partial charge in [-0.05, 0) is 42.3 Å². The zero-order chi connectivity index (χ0) is 17.0. The first-order valence-corrected chi connectivity index (χ1v) is 10.1. The van der Waals surface area contributed by atoms with Crippen molar-refractivity contribution in [2.75, 3.05) is 26.3 Å². The highest BCUT2D eigenvalue weighted by Crippen LogP contribution is 2.41. The predicted octanol–water partition coefficient (Wildman–Crippen LogP) is 3.73. The molecule has 0 spiro atoms. The van der Waals surface area contributed by atoms with Crippen LogP contribution in [0, 0.1) is 5.41 Å². The van der Waals surface area contributed by atoms with E-state index in [0.717, 1.165) is 51.3 Å². The highest BCUT2D eigenvalue weighted by molar-refractivity contribution is 7.09. The van der Waals surface area contributed by atoms with Crippen LogP contribution in [0.1, 0.15) is 29.7 Å². The van der Waals surface area contributed by atoms with Gasteiger partial charge in [0.25, 0.3) is 0 Å². The molecule has 0 amide bonds. The highest BCUT2D eigenvalue weighted by atomic mass is 32.1. The topological polar surface area (TPSA) is 34.6 Å².